The molecule has 0 aliphatic heterocycles. The molecule has 1 aliphatic carbocycles. The van der Waals surface area contributed by atoms with Gasteiger partial charge in [0, 0.05) is 26.2 Å². The number of aliphatic imine (C=N–C) groups is 1. The fraction of sp³-hybridized carbons (Fsp3) is 0.688. The molecule has 126 valence electrons. The van der Waals surface area contributed by atoms with Gasteiger partial charge in [-0.15, -0.1) is 24.0 Å². The number of furan rings is 1. The summed E-state index contributed by atoms with van der Waals surface area (Å²) in [5.74, 6) is 2.62. The summed E-state index contributed by atoms with van der Waals surface area (Å²) in [7, 11) is 1.82. The van der Waals surface area contributed by atoms with Crippen LogP contribution < -0.4 is 10.6 Å². The molecule has 1 aromatic rings. The lowest BCUT2D eigenvalue weighted by Crippen LogP contribution is -2.39. The molecule has 2 rings (SSSR count). The highest BCUT2D eigenvalue weighted by atomic mass is 127. The van der Waals surface area contributed by atoms with Gasteiger partial charge < -0.3 is 19.8 Å². The van der Waals surface area contributed by atoms with Crippen LogP contribution in [0.25, 0.3) is 0 Å². The normalized spacial score (nSPS) is 20.4. The first-order valence-electron chi connectivity index (χ1n) is 7.90. The summed E-state index contributed by atoms with van der Waals surface area (Å²) in [6, 6.07) is 4.41. The third-order valence-electron chi connectivity index (χ3n) is 3.71. The first-order valence-corrected chi connectivity index (χ1v) is 7.90. The molecule has 1 fully saturated rings. The van der Waals surface area contributed by atoms with Crippen LogP contribution in [0.5, 0.6) is 0 Å². The number of rotatable bonds is 9. The van der Waals surface area contributed by atoms with Gasteiger partial charge in [-0.25, -0.2) is 0 Å². The summed E-state index contributed by atoms with van der Waals surface area (Å²) >= 11 is 0. The molecule has 1 aromatic heterocycles. The summed E-state index contributed by atoms with van der Waals surface area (Å²) in [5.41, 5.74) is 0. The number of halogens is 1. The molecule has 0 bridgehead atoms. The van der Waals surface area contributed by atoms with E-state index in [-0.39, 0.29) is 24.0 Å². The van der Waals surface area contributed by atoms with Crippen molar-refractivity contribution in [1.29, 1.82) is 0 Å². The Morgan fingerprint density at radius 1 is 1.50 bits per heavy atom. The number of nitrogens with zero attached hydrogens (tertiary/aromatic N) is 1. The van der Waals surface area contributed by atoms with E-state index in [1.54, 1.807) is 6.26 Å². The van der Waals surface area contributed by atoms with Crippen LogP contribution >= 0.6 is 24.0 Å². The summed E-state index contributed by atoms with van der Waals surface area (Å²) in [6.45, 7) is 4.36. The molecule has 0 spiro atoms. The van der Waals surface area contributed by atoms with Crippen LogP contribution in [0, 0.1) is 5.92 Å². The van der Waals surface area contributed by atoms with Crippen molar-refractivity contribution in [2.24, 2.45) is 10.9 Å². The van der Waals surface area contributed by atoms with Crippen molar-refractivity contribution in [3.63, 3.8) is 0 Å². The van der Waals surface area contributed by atoms with Gasteiger partial charge in [-0.1, -0.05) is 13.3 Å². The molecular weight excluding hydrogens is 393 g/mol. The van der Waals surface area contributed by atoms with Crippen molar-refractivity contribution in [3.8, 4) is 0 Å². The van der Waals surface area contributed by atoms with Gasteiger partial charge in [0.15, 0.2) is 5.96 Å². The number of hydrogen-bond acceptors (Lipinski definition) is 3. The Labute approximate surface area is 150 Å². The standard InChI is InChI=1S/C16H27N3O2.HI/c1-3-6-13-11-15(13)19-16(17-2)18-8-5-9-20-12-14-7-4-10-21-14;/h4,7,10,13,15H,3,5-6,8-9,11-12H2,1-2H3,(H2,17,18,19);1H. The van der Waals surface area contributed by atoms with E-state index in [2.05, 4.69) is 22.5 Å². The monoisotopic (exact) mass is 421 g/mol. The molecule has 0 radical (unpaired) electrons. The van der Waals surface area contributed by atoms with Crippen molar-refractivity contribution in [2.75, 3.05) is 20.2 Å². The Kier molecular flexibility index (Phi) is 9.54. The third-order valence-corrected chi connectivity index (χ3v) is 3.71. The molecule has 1 saturated carbocycles. The highest BCUT2D eigenvalue weighted by molar-refractivity contribution is 14.0. The summed E-state index contributed by atoms with van der Waals surface area (Å²) in [4.78, 5) is 4.26. The molecule has 22 heavy (non-hydrogen) atoms. The fourth-order valence-electron chi connectivity index (χ4n) is 2.43. The van der Waals surface area contributed by atoms with Gasteiger partial charge in [-0.05, 0) is 37.3 Å². The molecule has 1 aliphatic rings. The molecule has 2 atom stereocenters. The Bertz CT molecular complexity index is 423. The van der Waals surface area contributed by atoms with E-state index in [0.29, 0.717) is 19.3 Å². The highest BCUT2D eigenvalue weighted by Gasteiger charge is 2.36. The van der Waals surface area contributed by atoms with Crippen LogP contribution in [0.4, 0.5) is 0 Å². The van der Waals surface area contributed by atoms with E-state index < -0.39 is 0 Å². The van der Waals surface area contributed by atoms with Crippen molar-refractivity contribution in [3.05, 3.63) is 24.2 Å². The Hall–Kier alpha value is -0.760. The zero-order valence-electron chi connectivity index (χ0n) is 13.5. The second-order valence-corrected chi connectivity index (χ2v) is 5.52. The predicted octanol–water partition coefficient (Wildman–Crippen LogP) is 3.16. The average Bonchev–Trinajstić information content (AvgIpc) is 3.01. The number of hydrogen-bond donors (Lipinski definition) is 2. The lowest BCUT2D eigenvalue weighted by Gasteiger charge is -2.11. The van der Waals surface area contributed by atoms with Crippen LogP contribution in [-0.4, -0.2) is 32.2 Å². The average molecular weight is 421 g/mol. The van der Waals surface area contributed by atoms with Gasteiger partial charge in [0.1, 0.15) is 12.4 Å². The molecule has 0 aromatic carbocycles. The molecule has 5 nitrogen and oxygen atoms in total. The SMILES string of the molecule is CCCC1CC1NC(=NC)NCCCOCc1ccco1.I. The molecule has 2 unspecified atom stereocenters. The third kappa shape index (κ3) is 7.00. The highest BCUT2D eigenvalue weighted by Crippen LogP contribution is 2.34. The summed E-state index contributed by atoms with van der Waals surface area (Å²) in [6.07, 6.45) is 6.47. The van der Waals surface area contributed by atoms with Gasteiger partial charge in [0.2, 0.25) is 0 Å². The topological polar surface area (TPSA) is 58.8 Å². The van der Waals surface area contributed by atoms with Gasteiger partial charge in [-0.2, -0.15) is 0 Å². The lowest BCUT2D eigenvalue weighted by atomic mass is 10.2. The van der Waals surface area contributed by atoms with E-state index in [0.717, 1.165) is 30.6 Å². The molecule has 0 amide bonds. The number of guanidine groups is 1. The fourth-order valence-corrected chi connectivity index (χ4v) is 2.43. The minimum absolute atomic E-state index is 0. The van der Waals surface area contributed by atoms with Gasteiger partial charge >= 0.3 is 0 Å². The van der Waals surface area contributed by atoms with Crippen molar-refractivity contribution in [2.45, 2.75) is 45.3 Å². The van der Waals surface area contributed by atoms with Crippen LogP contribution in [0.1, 0.15) is 38.4 Å². The summed E-state index contributed by atoms with van der Waals surface area (Å²) in [5, 5.41) is 6.80. The van der Waals surface area contributed by atoms with Crippen molar-refractivity contribution in [1.82, 2.24) is 10.6 Å². The van der Waals surface area contributed by atoms with E-state index in [1.165, 1.54) is 19.3 Å². The van der Waals surface area contributed by atoms with E-state index in [1.807, 2.05) is 19.2 Å². The van der Waals surface area contributed by atoms with Gasteiger partial charge in [-0.3, -0.25) is 4.99 Å². The smallest absolute Gasteiger partial charge is 0.191 e. The quantitative estimate of drug-likeness (QED) is 0.278. The molecule has 1 heterocycles. The van der Waals surface area contributed by atoms with Gasteiger partial charge in [0.05, 0.1) is 6.26 Å². The second-order valence-electron chi connectivity index (χ2n) is 5.52. The Balaban J connectivity index is 0.00000242. The first-order chi connectivity index (χ1) is 10.3. The van der Waals surface area contributed by atoms with Gasteiger partial charge in [0.25, 0.3) is 0 Å². The largest absolute Gasteiger partial charge is 0.467 e. The molecular formula is C16H28IN3O2. The molecule has 0 saturated heterocycles. The molecule has 2 N–H and O–H groups in total. The minimum Gasteiger partial charge on any atom is -0.467 e. The second kappa shape index (κ2) is 10.9. The summed E-state index contributed by atoms with van der Waals surface area (Å²) < 4.78 is 10.7. The maximum atomic E-state index is 5.54. The predicted molar refractivity (Wildman–Crippen MR) is 99.7 cm³/mol. The molecule has 6 heteroatoms. The van der Waals surface area contributed by atoms with Crippen LogP contribution in [-0.2, 0) is 11.3 Å². The Morgan fingerprint density at radius 3 is 3.05 bits per heavy atom. The van der Waals surface area contributed by atoms with Crippen LogP contribution in [0.2, 0.25) is 0 Å². The first kappa shape index (κ1) is 19.3. The van der Waals surface area contributed by atoms with Crippen molar-refractivity contribution >= 4 is 29.9 Å². The zero-order valence-corrected chi connectivity index (χ0v) is 15.8. The van der Waals surface area contributed by atoms with Crippen molar-refractivity contribution < 1.29 is 9.15 Å². The zero-order chi connectivity index (χ0) is 14.9. The van der Waals surface area contributed by atoms with Crippen LogP contribution in [0.15, 0.2) is 27.8 Å². The minimum atomic E-state index is 0. The van der Waals surface area contributed by atoms with E-state index in [4.69, 9.17) is 9.15 Å². The maximum Gasteiger partial charge on any atom is 0.191 e. The Morgan fingerprint density at radius 2 is 2.36 bits per heavy atom. The lowest BCUT2D eigenvalue weighted by molar-refractivity contribution is 0.105. The van der Waals surface area contributed by atoms with E-state index >= 15 is 0 Å². The van der Waals surface area contributed by atoms with E-state index in [9.17, 15) is 0 Å². The van der Waals surface area contributed by atoms with Crippen LogP contribution in [0.3, 0.4) is 0 Å². The number of ether oxygens (including phenoxy) is 1. The number of nitrogens with one attached hydrogen (secondary N) is 2. The maximum absolute atomic E-state index is 5.54.